The van der Waals surface area contributed by atoms with E-state index in [9.17, 15) is 8.78 Å². The van der Waals surface area contributed by atoms with Crippen LogP contribution in [0.2, 0.25) is 5.02 Å². The predicted octanol–water partition coefficient (Wildman–Crippen LogP) is 3.27. The molecule has 0 bridgehead atoms. The summed E-state index contributed by atoms with van der Waals surface area (Å²) in [6.07, 6.45) is 5.40. The summed E-state index contributed by atoms with van der Waals surface area (Å²) in [5.41, 5.74) is 7.67. The highest BCUT2D eigenvalue weighted by atomic mass is 35.5. The van der Waals surface area contributed by atoms with E-state index in [0.29, 0.717) is 29.0 Å². The van der Waals surface area contributed by atoms with Crippen LogP contribution in [0.5, 0.6) is 0 Å². The number of imidazole rings is 1. The predicted molar refractivity (Wildman–Crippen MR) is 127 cm³/mol. The molecule has 8 nitrogen and oxygen atoms in total. The number of H-pyrrole nitrogens is 1. The molecular weight excluding hydrogens is 476 g/mol. The van der Waals surface area contributed by atoms with E-state index < -0.39 is 11.6 Å². The summed E-state index contributed by atoms with van der Waals surface area (Å²) >= 11 is 5.91. The van der Waals surface area contributed by atoms with Crippen LogP contribution < -0.4 is 10.6 Å². The first-order valence-corrected chi connectivity index (χ1v) is 11.7. The fourth-order valence-electron chi connectivity index (χ4n) is 5.13. The summed E-state index contributed by atoms with van der Waals surface area (Å²) in [6, 6.07) is 1.98. The molecule has 0 aliphatic carbocycles. The van der Waals surface area contributed by atoms with Gasteiger partial charge in [-0.15, -0.1) is 0 Å². The Morgan fingerprint density at radius 3 is 2.74 bits per heavy atom. The molecule has 1 spiro atoms. The molecule has 4 aromatic rings. The lowest BCUT2D eigenvalue weighted by atomic mass is 9.73. The quantitative estimate of drug-likeness (QED) is 0.309. The number of hydrogen-bond donors (Lipinski definition) is 2. The fraction of sp³-hybridized carbons (Fsp3) is 0.375. The number of halogens is 3. The van der Waals surface area contributed by atoms with Crippen LogP contribution in [0.15, 0.2) is 24.5 Å². The maximum atomic E-state index is 14.2. The van der Waals surface area contributed by atoms with E-state index in [2.05, 4.69) is 31.9 Å². The zero-order chi connectivity index (χ0) is 24.3. The number of fused-ring (bicyclic) bond motifs is 3. The van der Waals surface area contributed by atoms with Crippen LogP contribution in [-0.2, 0) is 4.74 Å². The van der Waals surface area contributed by atoms with Gasteiger partial charge in [0.2, 0.25) is 5.95 Å². The minimum absolute atomic E-state index is 0.00171. The highest BCUT2D eigenvalue weighted by Gasteiger charge is 2.47. The first-order chi connectivity index (χ1) is 16.9. The van der Waals surface area contributed by atoms with Gasteiger partial charge >= 0.3 is 0 Å². The van der Waals surface area contributed by atoms with Crippen molar-refractivity contribution in [1.82, 2.24) is 24.6 Å². The third kappa shape index (κ3) is 3.45. The van der Waals surface area contributed by atoms with Gasteiger partial charge in [0.15, 0.2) is 11.3 Å². The molecule has 3 N–H and O–H groups in total. The van der Waals surface area contributed by atoms with Crippen molar-refractivity contribution in [1.29, 1.82) is 0 Å². The summed E-state index contributed by atoms with van der Waals surface area (Å²) in [7, 11) is 0. The highest BCUT2D eigenvalue weighted by molar-refractivity contribution is 6.31. The second-order valence-corrected chi connectivity index (χ2v) is 9.57. The number of rotatable bonds is 1. The molecule has 0 saturated carbocycles. The molecule has 11 heteroatoms. The van der Waals surface area contributed by atoms with E-state index in [-0.39, 0.29) is 28.1 Å². The minimum Gasteiger partial charge on any atom is -0.376 e. The average Bonchev–Trinajstić information content (AvgIpc) is 3.57. The van der Waals surface area contributed by atoms with Gasteiger partial charge in [0.25, 0.3) is 0 Å². The number of aromatic nitrogens is 5. The summed E-state index contributed by atoms with van der Waals surface area (Å²) in [4.78, 5) is 11.5. The normalized spacial score (nSPS) is 21.7. The number of ether oxygens (including phenoxy) is 1. The van der Waals surface area contributed by atoms with Gasteiger partial charge in [0.05, 0.1) is 28.7 Å². The van der Waals surface area contributed by atoms with Crippen LogP contribution in [0.4, 0.5) is 14.7 Å². The number of aromatic amines is 1. The maximum absolute atomic E-state index is 14.2. The first kappa shape index (κ1) is 22.2. The zero-order valence-electron chi connectivity index (χ0n) is 18.9. The minimum atomic E-state index is -0.742. The van der Waals surface area contributed by atoms with Crippen molar-refractivity contribution >= 4 is 34.2 Å². The zero-order valence-corrected chi connectivity index (χ0v) is 19.6. The van der Waals surface area contributed by atoms with Gasteiger partial charge in [0, 0.05) is 36.9 Å². The Labute approximate surface area is 204 Å². The molecule has 0 radical (unpaired) electrons. The third-order valence-corrected chi connectivity index (χ3v) is 7.65. The largest absolute Gasteiger partial charge is 0.376 e. The van der Waals surface area contributed by atoms with Crippen LogP contribution in [0.3, 0.4) is 0 Å². The monoisotopic (exact) mass is 497 g/mol. The van der Waals surface area contributed by atoms with E-state index in [4.69, 9.17) is 27.1 Å². The Bertz CT molecular complexity index is 1510. The molecule has 2 fully saturated rings. The molecule has 2 atom stereocenters. The Morgan fingerprint density at radius 2 is 2.00 bits per heavy atom. The van der Waals surface area contributed by atoms with Crippen molar-refractivity contribution in [3.8, 4) is 11.8 Å². The molecule has 2 saturated heterocycles. The lowest BCUT2D eigenvalue weighted by molar-refractivity contribution is 0.0973. The van der Waals surface area contributed by atoms with Crippen LogP contribution in [0.25, 0.3) is 16.7 Å². The van der Waals surface area contributed by atoms with Gasteiger partial charge in [0.1, 0.15) is 17.3 Å². The van der Waals surface area contributed by atoms with Crippen molar-refractivity contribution in [3.63, 3.8) is 0 Å². The van der Waals surface area contributed by atoms with Crippen molar-refractivity contribution in [2.75, 3.05) is 24.6 Å². The van der Waals surface area contributed by atoms with Crippen molar-refractivity contribution in [2.24, 2.45) is 11.1 Å². The summed E-state index contributed by atoms with van der Waals surface area (Å²) in [5, 5.41) is 7.39. The lowest BCUT2D eigenvalue weighted by Crippen LogP contribution is -2.51. The lowest BCUT2D eigenvalue weighted by Gasteiger charge is -2.41. The number of nitrogens with two attached hydrogens (primary N) is 1. The SMILES string of the molecule is C[C@@H]1OCC2(CCN(c3nc4[nH]nc(C#Cc5c(F)ccc(F)c5Cl)c4c4nccn34)CC2)[C@@H]1N. The van der Waals surface area contributed by atoms with Crippen molar-refractivity contribution in [3.05, 3.63) is 52.4 Å². The molecule has 3 aromatic heterocycles. The number of nitrogens with zero attached hydrogens (tertiary/aromatic N) is 5. The van der Waals surface area contributed by atoms with E-state index in [1.807, 2.05) is 17.5 Å². The number of nitrogens with one attached hydrogen (secondary N) is 1. The summed E-state index contributed by atoms with van der Waals surface area (Å²) < 4.78 is 35.7. The second kappa shape index (κ2) is 8.16. The molecule has 2 aliphatic rings. The van der Waals surface area contributed by atoms with Crippen molar-refractivity contribution in [2.45, 2.75) is 31.9 Å². The Hall–Kier alpha value is -3.26. The topological polar surface area (TPSA) is 97.4 Å². The first-order valence-electron chi connectivity index (χ1n) is 11.4. The molecule has 1 aromatic carbocycles. The molecule has 180 valence electrons. The van der Waals surface area contributed by atoms with Crippen LogP contribution in [0, 0.1) is 28.9 Å². The number of hydrogen-bond acceptors (Lipinski definition) is 6. The summed E-state index contributed by atoms with van der Waals surface area (Å²) in [5.74, 6) is 4.69. The second-order valence-electron chi connectivity index (χ2n) is 9.19. The third-order valence-electron chi connectivity index (χ3n) is 7.28. The summed E-state index contributed by atoms with van der Waals surface area (Å²) in [6.45, 7) is 4.29. The Balaban J connectivity index is 1.36. The van der Waals surface area contributed by atoms with Gasteiger partial charge in [-0.05, 0) is 37.8 Å². The van der Waals surface area contributed by atoms with Gasteiger partial charge in [-0.25, -0.2) is 13.8 Å². The van der Waals surface area contributed by atoms with E-state index in [1.165, 1.54) is 0 Å². The Kier molecular flexibility index (Phi) is 5.18. The molecule has 2 aliphatic heterocycles. The fourth-order valence-corrected chi connectivity index (χ4v) is 5.33. The number of benzene rings is 1. The van der Waals surface area contributed by atoms with Crippen LogP contribution >= 0.6 is 11.6 Å². The molecule has 0 amide bonds. The van der Waals surface area contributed by atoms with E-state index >= 15 is 0 Å². The standard InChI is InChI=1S/C24H22ClF2N7O/c1-13-20(28)24(12-35-13)6-9-33(10-7-24)23-30-21-18(22-29-8-11-34(22)23)17(31-32-21)5-2-14-15(26)3-4-16(27)19(14)25/h3-4,8,11,13,20H,6-7,9-10,12,28H2,1H3,(H,31,32)/t13-,20+/m0/s1. The van der Waals surface area contributed by atoms with Crippen LogP contribution in [-0.4, -0.2) is 56.4 Å². The Morgan fingerprint density at radius 1 is 1.23 bits per heavy atom. The molecule has 0 unspecified atom stereocenters. The maximum Gasteiger partial charge on any atom is 0.213 e. The molecule has 6 rings (SSSR count). The van der Waals surface area contributed by atoms with Crippen LogP contribution in [0.1, 0.15) is 31.0 Å². The van der Waals surface area contributed by atoms with Gasteiger partial charge in [-0.2, -0.15) is 10.1 Å². The van der Waals surface area contributed by atoms with Gasteiger partial charge < -0.3 is 15.4 Å². The van der Waals surface area contributed by atoms with E-state index in [1.54, 1.807) is 6.20 Å². The van der Waals surface area contributed by atoms with Gasteiger partial charge in [-0.1, -0.05) is 17.5 Å². The number of anilines is 1. The molecule has 35 heavy (non-hydrogen) atoms. The van der Waals surface area contributed by atoms with E-state index in [0.717, 1.165) is 44.0 Å². The molecular formula is C24H22ClF2N7O. The molecule has 5 heterocycles. The highest BCUT2D eigenvalue weighted by Crippen LogP contribution is 2.42. The smallest absolute Gasteiger partial charge is 0.213 e. The van der Waals surface area contributed by atoms with Gasteiger partial charge in [-0.3, -0.25) is 9.50 Å². The van der Waals surface area contributed by atoms with Crippen molar-refractivity contribution < 1.29 is 13.5 Å². The number of piperidine rings is 1. The average molecular weight is 498 g/mol.